The fourth-order valence-electron chi connectivity index (χ4n) is 3.68. The van der Waals surface area contributed by atoms with Crippen LogP contribution in [0.4, 0.5) is 5.69 Å². The first-order valence-corrected chi connectivity index (χ1v) is 9.90. The van der Waals surface area contributed by atoms with Crippen LogP contribution in [0, 0.1) is 0 Å². The number of aryl methyl sites for hydroxylation is 2. The van der Waals surface area contributed by atoms with E-state index >= 15 is 0 Å². The van der Waals surface area contributed by atoms with Gasteiger partial charge in [0.15, 0.2) is 5.65 Å². The maximum absolute atomic E-state index is 13.1. The Balaban J connectivity index is 1.69. The first-order chi connectivity index (χ1) is 13.6. The highest BCUT2D eigenvalue weighted by atomic mass is 35.5. The van der Waals surface area contributed by atoms with E-state index in [2.05, 4.69) is 15.3 Å². The lowest BCUT2D eigenvalue weighted by atomic mass is 9.95. The summed E-state index contributed by atoms with van der Waals surface area (Å²) in [6.07, 6.45) is 5.98. The molecule has 1 aromatic carbocycles. The molecule has 0 bridgehead atoms. The number of benzene rings is 1. The van der Waals surface area contributed by atoms with E-state index in [1.807, 2.05) is 13.0 Å². The Hall–Kier alpha value is -2.73. The smallest absolute Gasteiger partial charge is 0.263 e. The van der Waals surface area contributed by atoms with Gasteiger partial charge in [-0.25, -0.2) is 9.97 Å². The average Bonchev–Trinajstić information content (AvgIpc) is 2.71. The predicted octanol–water partition coefficient (Wildman–Crippen LogP) is 3.91. The van der Waals surface area contributed by atoms with Gasteiger partial charge < -0.3 is 5.32 Å². The topological polar surface area (TPSA) is 76.9 Å². The minimum Gasteiger partial charge on any atom is -0.324 e. The number of fused-ring (bicyclic) bond motifs is 2. The highest BCUT2D eigenvalue weighted by Gasteiger charge is 2.22. The molecule has 0 fully saturated rings. The highest BCUT2D eigenvalue weighted by molar-refractivity contribution is 6.30. The molecule has 0 radical (unpaired) electrons. The zero-order valence-electron chi connectivity index (χ0n) is 15.6. The summed E-state index contributed by atoms with van der Waals surface area (Å²) in [7, 11) is 0. The number of hydrogen-bond acceptors (Lipinski definition) is 4. The number of hydrogen-bond donors (Lipinski definition) is 1. The number of nitrogens with one attached hydrogen (secondary N) is 1. The summed E-state index contributed by atoms with van der Waals surface area (Å²) in [4.78, 5) is 34.9. The summed E-state index contributed by atoms with van der Waals surface area (Å²) in [5.41, 5.74) is 3.01. The van der Waals surface area contributed by atoms with Crippen LogP contribution < -0.4 is 10.9 Å². The van der Waals surface area contributed by atoms with Crippen molar-refractivity contribution >= 4 is 34.2 Å². The molecule has 2 aromatic heterocycles. The minimum atomic E-state index is -0.656. The Kier molecular flexibility index (Phi) is 5.13. The van der Waals surface area contributed by atoms with Gasteiger partial charge in [-0.1, -0.05) is 18.5 Å². The van der Waals surface area contributed by atoms with Crippen LogP contribution in [0.25, 0.3) is 11.0 Å². The molecule has 7 heteroatoms. The van der Waals surface area contributed by atoms with Crippen molar-refractivity contribution in [1.82, 2.24) is 14.5 Å². The van der Waals surface area contributed by atoms with Crippen molar-refractivity contribution < 1.29 is 4.79 Å². The maximum Gasteiger partial charge on any atom is 0.263 e. The van der Waals surface area contributed by atoms with Gasteiger partial charge in [0.25, 0.3) is 5.56 Å². The number of aromatic nitrogens is 3. The zero-order chi connectivity index (χ0) is 19.7. The van der Waals surface area contributed by atoms with E-state index in [1.54, 1.807) is 24.3 Å². The van der Waals surface area contributed by atoms with Crippen LogP contribution in [0.5, 0.6) is 0 Å². The Labute approximate surface area is 167 Å². The summed E-state index contributed by atoms with van der Waals surface area (Å²) >= 11 is 5.89. The molecular formula is C21H21ClN4O2. The van der Waals surface area contributed by atoms with Gasteiger partial charge in [0.2, 0.25) is 5.91 Å². The van der Waals surface area contributed by atoms with E-state index in [9.17, 15) is 9.59 Å². The monoisotopic (exact) mass is 396 g/mol. The molecule has 1 amide bonds. The van der Waals surface area contributed by atoms with Crippen LogP contribution in [-0.4, -0.2) is 20.4 Å². The molecule has 1 unspecified atom stereocenters. The van der Waals surface area contributed by atoms with Crippen LogP contribution >= 0.6 is 11.6 Å². The lowest BCUT2D eigenvalue weighted by molar-refractivity contribution is -0.119. The Bertz CT molecular complexity index is 1090. The van der Waals surface area contributed by atoms with Crippen LogP contribution in [0.2, 0.25) is 5.02 Å². The molecule has 1 aliphatic carbocycles. The molecule has 0 aliphatic heterocycles. The molecular weight excluding hydrogens is 376 g/mol. The number of amides is 1. The molecule has 3 aromatic rings. The molecule has 6 nitrogen and oxygen atoms in total. The number of nitrogens with zero attached hydrogens (tertiary/aromatic N) is 3. The normalized spacial score (nSPS) is 14.5. The molecule has 144 valence electrons. The van der Waals surface area contributed by atoms with Crippen molar-refractivity contribution in [2.75, 3.05) is 5.32 Å². The predicted molar refractivity (Wildman–Crippen MR) is 110 cm³/mol. The van der Waals surface area contributed by atoms with Crippen molar-refractivity contribution in [3.8, 4) is 0 Å². The second-order valence-electron chi connectivity index (χ2n) is 7.05. The largest absolute Gasteiger partial charge is 0.324 e. The molecule has 4 rings (SSSR count). The summed E-state index contributed by atoms with van der Waals surface area (Å²) < 4.78 is 1.41. The fourth-order valence-corrected chi connectivity index (χ4v) is 3.80. The number of anilines is 1. The molecule has 0 spiro atoms. The van der Waals surface area contributed by atoms with Crippen molar-refractivity contribution in [3.05, 3.63) is 63.3 Å². The molecule has 1 aliphatic rings. The van der Waals surface area contributed by atoms with Crippen molar-refractivity contribution in [2.45, 2.75) is 45.1 Å². The first-order valence-electron chi connectivity index (χ1n) is 9.53. The number of carbonyl (C=O) groups excluding carboxylic acids is 1. The molecule has 1 N–H and O–H groups in total. The number of rotatable bonds is 4. The van der Waals surface area contributed by atoms with E-state index in [4.69, 9.17) is 11.6 Å². The van der Waals surface area contributed by atoms with Gasteiger partial charge in [-0.05, 0) is 68.0 Å². The molecule has 2 heterocycles. The molecule has 0 saturated heterocycles. The molecule has 1 atom stereocenters. The Morgan fingerprint density at radius 1 is 1.25 bits per heavy atom. The van der Waals surface area contributed by atoms with E-state index < -0.39 is 6.04 Å². The second-order valence-corrected chi connectivity index (χ2v) is 7.49. The third kappa shape index (κ3) is 3.52. The first kappa shape index (κ1) is 18.6. The summed E-state index contributed by atoms with van der Waals surface area (Å²) in [6.45, 7) is 1.87. The van der Waals surface area contributed by atoms with Crippen molar-refractivity contribution in [3.63, 3.8) is 0 Å². The van der Waals surface area contributed by atoms with Crippen LogP contribution in [-0.2, 0) is 17.6 Å². The minimum absolute atomic E-state index is 0.232. The molecule has 28 heavy (non-hydrogen) atoms. The van der Waals surface area contributed by atoms with Crippen molar-refractivity contribution in [1.29, 1.82) is 0 Å². The van der Waals surface area contributed by atoms with Gasteiger partial charge in [0.1, 0.15) is 12.4 Å². The maximum atomic E-state index is 13.1. The standard InChI is InChI=1S/C21H21ClN4O2/c1-2-18(20(27)24-15-9-7-14(22)8-10-15)26-12-23-19-16(21(26)28)11-13-5-3-4-6-17(13)25-19/h7-12,18H,2-6H2,1H3,(H,24,27). The SMILES string of the molecule is CCC(C(=O)Nc1ccc(Cl)cc1)n1cnc2nc3c(cc2c1=O)CCCC3. The van der Waals surface area contributed by atoms with E-state index in [-0.39, 0.29) is 11.5 Å². The van der Waals surface area contributed by atoms with E-state index in [1.165, 1.54) is 10.9 Å². The third-order valence-corrected chi connectivity index (χ3v) is 5.44. The van der Waals surface area contributed by atoms with Crippen LogP contribution in [0.3, 0.4) is 0 Å². The van der Waals surface area contributed by atoms with E-state index in [0.29, 0.717) is 28.2 Å². The average molecular weight is 397 g/mol. The van der Waals surface area contributed by atoms with Gasteiger partial charge >= 0.3 is 0 Å². The van der Waals surface area contributed by atoms with Gasteiger partial charge in [0, 0.05) is 16.4 Å². The van der Waals surface area contributed by atoms with Gasteiger partial charge in [0.05, 0.1) is 5.39 Å². The van der Waals surface area contributed by atoms with Crippen LogP contribution in [0.1, 0.15) is 43.5 Å². The van der Waals surface area contributed by atoms with Gasteiger partial charge in [-0.3, -0.25) is 14.2 Å². The number of pyridine rings is 1. The van der Waals surface area contributed by atoms with Gasteiger partial charge in [-0.15, -0.1) is 0 Å². The lowest BCUT2D eigenvalue weighted by Crippen LogP contribution is -2.33. The third-order valence-electron chi connectivity index (χ3n) is 5.19. The van der Waals surface area contributed by atoms with Gasteiger partial charge in [-0.2, -0.15) is 0 Å². The second kappa shape index (κ2) is 7.72. The highest BCUT2D eigenvalue weighted by Crippen LogP contribution is 2.22. The quantitative estimate of drug-likeness (QED) is 0.725. The number of carbonyl (C=O) groups is 1. The Morgan fingerprint density at radius 2 is 2.00 bits per heavy atom. The summed E-state index contributed by atoms with van der Waals surface area (Å²) in [5.74, 6) is -0.265. The summed E-state index contributed by atoms with van der Waals surface area (Å²) in [6, 6.07) is 8.12. The van der Waals surface area contributed by atoms with E-state index in [0.717, 1.165) is 36.9 Å². The Morgan fingerprint density at radius 3 is 2.75 bits per heavy atom. The zero-order valence-corrected chi connectivity index (χ0v) is 16.4. The number of halogens is 1. The van der Waals surface area contributed by atoms with Crippen molar-refractivity contribution in [2.24, 2.45) is 0 Å². The summed E-state index contributed by atoms with van der Waals surface area (Å²) in [5, 5.41) is 3.91. The lowest BCUT2D eigenvalue weighted by Gasteiger charge is -2.19. The van der Waals surface area contributed by atoms with Crippen LogP contribution in [0.15, 0.2) is 41.5 Å². The fraction of sp³-hybridized carbons (Fsp3) is 0.333. The molecule has 0 saturated carbocycles.